The van der Waals surface area contributed by atoms with Gasteiger partial charge in [0.05, 0.1) is 13.2 Å². The van der Waals surface area contributed by atoms with E-state index in [1.54, 1.807) is 0 Å². The lowest BCUT2D eigenvalue weighted by Crippen LogP contribution is -2.39. The monoisotopic (exact) mass is 260 g/mol. The number of ether oxygens (including phenoxy) is 3. The second-order valence-electron chi connectivity index (χ2n) is 3.92. The molecule has 0 aromatic rings. The number of hydrogen-bond donors (Lipinski definition) is 1. The molecule has 0 aromatic carbocycles. The third-order valence-electron chi connectivity index (χ3n) is 2.28. The average Bonchev–Trinajstić information content (AvgIpc) is 2.36. The Bertz CT molecular complexity index is 242. The molecule has 0 aromatic heterocycles. The van der Waals surface area contributed by atoms with Crippen LogP contribution in [0.25, 0.3) is 0 Å². The topological polar surface area (TPSA) is 65.0 Å². The Balaban J connectivity index is 4.11. The second-order valence-corrected chi connectivity index (χ2v) is 3.92. The van der Waals surface area contributed by atoms with E-state index in [1.807, 2.05) is 13.8 Å². The molecule has 1 atom stereocenters. The predicted molar refractivity (Wildman–Crippen MR) is 68.1 cm³/mol. The Morgan fingerprint density at radius 1 is 1.33 bits per heavy atom. The molecule has 0 amide bonds. The van der Waals surface area contributed by atoms with E-state index in [2.05, 4.69) is 6.58 Å². The maximum absolute atomic E-state index is 11.1. The van der Waals surface area contributed by atoms with Crippen molar-refractivity contribution in [2.45, 2.75) is 38.9 Å². The summed E-state index contributed by atoms with van der Waals surface area (Å²) in [6, 6.07) is 0. The van der Waals surface area contributed by atoms with Gasteiger partial charge in [-0.05, 0) is 13.3 Å². The number of carbonyl (C=O) groups excluding carboxylic acids is 1. The van der Waals surface area contributed by atoms with E-state index < -0.39 is 11.8 Å². The first kappa shape index (κ1) is 17.1. The number of carbonyl (C=O) groups is 1. The zero-order valence-corrected chi connectivity index (χ0v) is 11.3. The van der Waals surface area contributed by atoms with Crippen LogP contribution in [0.4, 0.5) is 0 Å². The SMILES string of the molecule is C=CC(=O)OC(O)(CCCC)COCCOCC. The van der Waals surface area contributed by atoms with Crippen molar-refractivity contribution >= 4 is 5.97 Å². The molecule has 0 aliphatic rings. The van der Waals surface area contributed by atoms with Crippen LogP contribution in [0.2, 0.25) is 0 Å². The van der Waals surface area contributed by atoms with Crippen LogP contribution >= 0.6 is 0 Å². The van der Waals surface area contributed by atoms with Gasteiger partial charge in [-0.1, -0.05) is 19.9 Å². The molecule has 0 spiro atoms. The summed E-state index contributed by atoms with van der Waals surface area (Å²) in [5.74, 6) is -2.23. The Morgan fingerprint density at radius 3 is 2.56 bits per heavy atom. The van der Waals surface area contributed by atoms with Gasteiger partial charge in [0.25, 0.3) is 0 Å². The molecule has 0 fully saturated rings. The van der Waals surface area contributed by atoms with Crippen molar-refractivity contribution in [1.29, 1.82) is 0 Å². The zero-order chi connectivity index (χ0) is 13.9. The lowest BCUT2D eigenvalue weighted by molar-refractivity contribution is -0.228. The highest BCUT2D eigenvalue weighted by Gasteiger charge is 2.30. The van der Waals surface area contributed by atoms with Gasteiger partial charge in [-0.25, -0.2) is 4.79 Å². The van der Waals surface area contributed by atoms with E-state index in [9.17, 15) is 9.90 Å². The normalized spacial score (nSPS) is 13.9. The van der Waals surface area contributed by atoms with Crippen LogP contribution < -0.4 is 0 Å². The van der Waals surface area contributed by atoms with Crippen molar-refractivity contribution in [3.05, 3.63) is 12.7 Å². The number of unbranched alkanes of at least 4 members (excludes halogenated alkanes) is 1. The molecular formula is C13H24O5. The highest BCUT2D eigenvalue weighted by molar-refractivity contribution is 5.81. The molecule has 1 unspecified atom stereocenters. The fourth-order valence-electron chi connectivity index (χ4n) is 1.33. The maximum atomic E-state index is 11.1. The molecule has 0 saturated carbocycles. The van der Waals surface area contributed by atoms with Gasteiger partial charge in [0, 0.05) is 19.1 Å². The standard InChI is InChI=1S/C13H24O5/c1-4-7-8-13(15,18-12(14)5-2)11-17-10-9-16-6-3/h5,15H,2,4,6-11H2,1,3H3. The van der Waals surface area contributed by atoms with Crippen LogP contribution in [0.3, 0.4) is 0 Å². The van der Waals surface area contributed by atoms with Gasteiger partial charge in [0.2, 0.25) is 5.79 Å². The van der Waals surface area contributed by atoms with Gasteiger partial charge in [0.15, 0.2) is 0 Å². The highest BCUT2D eigenvalue weighted by atomic mass is 16.7. The van der Waals surface area contributed by atoms with Crippen LogP contribution in [0.5, 0.6) is 0 Å². The van der Waals surface area contributed by atoms with Crippen LogP contribution in [-0.2, 0) is 19.0 Å². The molecule has 0 heterocycles. The largest absolute Gasteiger partial charge is 0.428 e. The number of esters is 1. The summed E-state index contributed by atoms with van der Waals surface area (Å²) in [4.78, 5) is 11.1. The van der Waals surface area contributed by atoms with Crippen LogP contribution in [0.1, 0.15) is 33.1 Å². The van der Waals surface area contributed by atoms with E-state index >= 15 is 0 Å². The molecule has 0 aliphatic carbocycles. The van der Waals surface area contributed by atoms with Crippen molar-refractivity contribution < 1.29 is 24.1 Å². The van der Waals surface area contributed by atoms with E-state index in [-0.39, 0.29) is 6.61 Å². The summed E-state index contributed by atoms with van der Waals surface area (Å²) in [6.07, 6.45) is 3.01. The summed E-state index contributed by atoms with van der Waals surface area (Å²) in [5.41, 5.74) is 0. The first-order chi connectivity index (χ1) is 8.58. The molecule has 5 heteroatoms. The Morgan fingerprint density at radius 2 is 2.00 bits per heavy atom. The summed E-state index contributed by atoms with van der Waals surface area (Å²) in [5, 5.41) is 10.1. The minimum Gasteiger partial charge on any atom is -0.428 e. The van der Waals surface area contributed by atoms with Crippen molar-refractivity contribution in [1.82, 2.24) is 0 Å². The lowest BCUT2D eigenvalue weighted by Gasteiger charge is -2.27. The first-order valence-electron chi connectivity index (χ1n) is 6.31. The number of rotatable bonds is 11. The molecule has 5 nitrogen and oxygen atoms in total. The number of hydrogen-bond acceptors (Lipinski definition) is 5. The number of aliphatic hydroxyl groups is 1. The van der Waals surface area contributed by atoms with Gasteiger partial charge in [-0.15, -0.1) is 0 Å². The molecule has 0 saturated heterocycles. The summed E-state index contributed by atoms with van der Waals surface area (Å²) < 4.78 is 15.3. The maximum Gasteiger partial charge on any atom is 0.332 e. The summed E-state index contributed by atoms with van der Waals surface area (Å²) in [6.45, 7) is 8.56. The van der Waals surface area contributed by atoms with Gasteiger partial charge in [0.1, 0.15) is 6.61 Å². The van der Waals surface area contributed by atoms with Crippen molar-refractivity contribution in [2.75, 3.05) is 26.4 Å². The molecule has 106 valence electrons. The first-order valence-corrected chi connectivity index (χ1v) is 6.31. The minimum absolute atomic E-state index is 0.0559. The molecule has 18 heavy (non-hydrogen) atoms. The fourth-order valence-corrected chi connectivity index (χ4v) is 1.33. The Labute approximate surface area is 109 Å². The molecular weight excluding hydrogens is 236 g/mol. The highest BCUT2D eigenvalue weighted by Crippen LogP contribution is 2.17. The summed E-state index contributed by atoms with van der Waals surface area (Å²) in [7, 11) is 0. The Hall–Kier alpha value is -0.910. The second kappa shape index (κ2) is 10.1. The summed E-state index contributed by atoms with van der Waals surface area (Å²) >= 11 is 0. The van der Waals surface area contributed by atoms with Crippen molar-refractivity contribution in [3.8, 4) is 0 Å². The van der Waals surface area contributed by atoms with E-state index in [4.69, 9.17) is 14.2 Å². The van der Waals surface area contributed by atoms with Crippen LogP contribution in [-0.4, -0.2) is 43.3 Å². The Kier molecular flexibility index (Phi) is 9.55. The van der Waals surface area contributed by atoms with E-state index in [1.165, 1.54) is 0 Å². The zero-order valence-electron chi connectivity index (χ0n) is 11.3. The lowest BCUT2D eigenvalue weighted by atomic mass is 10.1. The smallest absolute Gasteiger partial charge is 0.332 e. The molecule has 0 radical (unpaired) electrons. The van der Waals surface area contributed by atoms with Crippen molar-refractivity contribution in [2.24, 2.45) is 0 Å². The van der Waals surface area contributed by atoms with Crippen LogP contribution in [0.15, 0.2) is 12.7 Å². The van der Waals surface area contributed by atoms with E-state index in [0.29, 0.717) is 26.2 Å². The van der Waals surface area contributed by atoms with Gasteiger partial charge < -0.3 is 19.3 Å². The molecule has 0 aliphatic heterocycles. The predicted octanol–water partition coefficient (Wildman–Crippen LogP) is 1.65. The third kappa shape index (κ3) is 8.22. The van der Waals surface area contributed by atoms with Crippen LogP contribution in [0, 0.1) is 0 Å². The molecule has 0 rings (SSSR count). The van der Waals surface area contributed by atoms with Gasteiger partial charge in [-0.3, -0.25) is 0 Å². The molecule has 1 N–H and O–H groups in total. The fraction of sp³-hybridized carbons (Fsp3) is 0.769. The molecule has 0 bridgehead atoms. The third-order valence-corrected chi connectivity index (χ3v) is 2.28. The van der Waals surface area contributed by atoms with Gasteiger partial charge >= 0.3 is 5.97 Å². The van der Waals surface area contributed by atoms with Gasteiger partial charge in [-0.2, -0.15) is 0 Å². The van der Waals surface area contributed by atoms with Crippen molar-refractivity contribution in [3.63, 3.8) is 0 Å². The quantitative estimate of drug-likeness (QED) is 0.265. The minimum atomic E-state index is -1.58. The van der Waals surface area contributed by atoms with E-state index in [0.717, 1.165) is 18.9 Å². The average molecular weight is 260 g/mol.